The van der Waals surface area contributed by atoms with Gasteiger partial charge < -0.3 is 4.57 Å². The molecule has 0 fully saturated rings. The summed E-state index contributed by atoms with van der Waals surface area (Å²) < 4.78 is 2.16. The van der Waals surface area contributed by atoms with Gasteiger partial charge in [0.15, 0.2) is 5.78 Å². The third-order valence-electron chi connectivity index (χ3n) is 3.66. The minimum atomic E-state index is -0.483. The molecule has 1 heterocycles. The monoisotopic (exact) mass is 289 g/mol. The first kappa shape index (κ1) is 14.9. The van der Waals surface area contributed by atoms with Crippen molar-refractivity contribution in [1.29, 1.82) is 0 Å². The van der Waals surface area contributed by atoms with Crippen LogP contribution in [0.1, 0.15) is 39.8 Å². The van der Waals surface area contributed by atoms with Gasteiger partial charge in [0.05, 0.1) is 5.38 Å². The second-order valence-electron chi connectivity index (χ2n) is 5.34. The largest absolute Gasteiger partial charge is 0.344 e. The summed E-state index contributed by atoms with van der Waals surface area (Å²) in [5.74, 6) is -0.00470. The van der Waals surface area contributed by atoms with Crippen LogP contribution in [0.15, 0.2) is 30.3 Å². The summed E-state index contributed by atoms with van der Waals surface area (Å²) in [6.07, 6.45) is 0. The minimum Gasteiger partial charge on any atom is -0.344 e. The molecule has 0 aliphatic heterocycles. The molecule has 0 aliphatic rings. The first-order valence-electron chi connectivity index (χ1n) is 6.80. The zero-order valence-corrected chi connectivity index (χ0v) is 13.2. The molecule has 0 bridgehead atoms. The van der Waals surface area contributed by atoms with Gasteiger partial charge in [-0.3, -0.25) is 4.79 Å². The van der Waals surface area contributed by atoms with Crippen molar-refractivity contribution in [2.75, 3.05) is 0 Å². The lowest BCUT2D eigenvalue weighted by Gasteiger charge is -2.10. The van der Waals surface area contributed by atoms with E-state index in [1.165, 1.54) is 11.1 Å². The number of rotatable bonds is 4. The molecule has 2 aromatic rings. The van der Waals surface area contributed by atoms with Crippen LogP contribution in [0.25, 0.3) is 0 Å². The van der Waals surface area contributed by atoms with Crippen molar-refractivity contribution in [1.82, 2.24) is 4.57 Å². The molecule has 0 saturated carbocycles. The molecule has 3 heteroatoms. The number of benzene rings is 1. The number of carbonyl (C=O) groups excluding carboxylic acids is 1. The van der Waals surface area contributed by atoms with Gasteiger partial charge in [0.1, 0.15) is 0 Å². The van der Waals surface area contributed by atoms with E-state index in [2.05, 4.69) is 35.8 Å². The summed E-state index contributed by atoms with van der Waals surface area (Å²) in [5.41, 5.74) is 5.29. The Morgan fingerprint density at radius 2 is 1.80 bits per heavy atom. The summed E-state index contributed by atoms with van der Waals surface area (Å²) in [6.45, 7) is 8.58. The van der Waals surface area contributed by atoms with E-state index < -0.39 is 5.38 Å². The van der Waals surface area contributed by atoms with Gasteiger partial charge in [-0.05, 0) is 39.3 Å². The van der Waals surface area contributed by atoms with Crippen LogP contribution in [0.4, 0.5) is 0 Å². The van der Waals surface area contributed by atoms with E-state index in [0.29, 0.717) is 0 Å². The van der Waals surface area contributed by atoms with Crippen LogP contribution in [-0.4, -0.2) is 15.7 Å². The van der Waals surface area contributed by atoms with Gasteiger partial charge in [-0.2, -0.15) is 0 Å². The average molecular weight is 290 g/mol. The molecule has 1 aromatic heterocycles. The van der Waals surface area contributed by atoms with Gasteiger partial charge in [-0.1, -0.05) is 29.8 Å². The van der Waals surface area contributed by atoms with Crippen LogP contribution in [0.2, 0.25) is 0 Å². The lowest BCUT2D eigenvalue weighted by atomic mass is 10.1. The summed E-state index contributed by atoms with van der Waals surface area (Å²) in [5, 5.41) is -0.483. The minimum absolute atomic E-state index is 0.00470. The fourth-order valence-electron chi connectivity index (χ4n) is 2.38. The van der Waals surface area contributed by atoms with E-state index in [1.807, 2.05) is 19.9 Å². The van der Waals surface area contributed by atoms with E-state index in [1.54, 1.807) is 6.92 Å². The van der Waals surface area contributed by atoms with Gasteiger partial charge in [-0.15, -0.1) is 11.6 Å². The highest BCUT2D eigenvalue weighted by Gasteiger charge is 2.19. The van der Waals surface area contributed by atoms with E-state index in [0.717, 1.165) is 23.5 Å². The molecule has 0 spiro atoms. The number of ketones is 1. The molecule has 106 valence electrons. The maximum Gasteiger partial charge on any atom is 0.182 e. The van der Waals surface area contributed by atoms with Gasteiger partial charge >= 0.3 is 0 Å². The second-order valence-corrected chi connectivity index (χ2v) is 5.99. The zero-order valence-electron chi connectivity index (χ0n) is 12.4. The van der Waals surface area contributed by atoms with Gasteiger partial charge in [-0.25, -0.2) is 0 Å². The van der Waals surface area contributed by atoms with Crippen LogP contribution in [0.3, 0.4) is 0 Å². The van der Waals surface area contributed by atoms with Crippen LogP contribution in [0.5, 0.6) is 0 Å². The maximum absolute atomic E-state index is 12.1. The number of nitrogens with zero attached hydrogens (tertiary/aromatic N) is 1. The molecule has 0 aliphatic carbocycles. The van der Waals surface area contributed by atoms with E-state index in [-0.39, 0.29) is 5.78 Å². The number of Topliss-reactive ketones (excluding diaryl/α,β-unsaturated/α-hetero) is 1. The van der Waals surface area contributed by atoms with Crippen molar-refractivity contribution < 1.29 is 4.79 Å². The third-order valence-corrected chi connectivity index (χ3v) is 3.86. The Kier molecular flexibility index (Phi) is 4.34. The smallest absolute Gasteiger partial charge is 0.182 e. The van der Waals surface area contributed by atoms with Crippen LogP contribution >= 0.6 is 11.6 Å². The summed E-state index contributed by atoms with van der Waals surface area (Å²) in [6, 6.07) is 10.4. The number of hydrogen-bond donors (Lipinski definition) is 0. The van der Waals surface area contributed by atoms with Crippen molar-refractivity contribution in [3.05, 3.63) is 58.4 Å². The Morgan fingerprint density at radius 1 is 1.20 bits per heavy atom. The highest BCUT2D eigenvalue weighted by Crippen LogP contribution is 2.20. The molecule has 0 radical (unpaired) electrons. The van der Waals surface area contributed by atoms with Crippen LogP contribution in [0, 0.1) is 20.8 Å². The molecule has 2 rings (SSSR count). The molecule has 20 heavy (non-hydrogen) atoms. The molecule has 1 unspecified atom stereocenters. The van der Waals surface area contributed by atoms with E-state index >= 15 is 0 Å². The fourth-order valence-corrected chi connectivity index (χ4v) is 2.50. The van der Waals surface area contributed by atoms with Crippen LogP contribution < -0.4 is 0 Å². The second kappa shape index (κ2) is 5.84. The Bertz CT molecular complexity index is 623. The summed E-state index contributed by atoms with van der Waals surface area (Å²) in [4.78, 5) is 12.1. The van der Waals surface area contributed by atoms with Gasteiger partial charge in [0, 0.05) is 23.5 Å². The molecule has 1 aromatic carbocycles. The Morgan fingerprint density at radius 3 is 2.35 bits per heavy atom. The van der Waals surface area contributed by atoms with Crippen molar-refractivity contribution in [2.45, 2.75) is 39.6 Å². The first-order valence-corrected chi connectivity index (χ1v) is 7.24. The quantitative estimate of drug-likeness (QED) is 0.608. The molecule has 0 amide bonds. The summed E-state index contributed by atoms with van der Waals surface area (Å²) >= 11 is 5.92. The van der Waals surface area contributed by atoms with Gasteiger partial charge in [0.2, 0.25) is 0 Å². The zero-order chi connectivity index (χ0) is 14.9. The molecule has 2 nitrogen and oxygen atoms in total. The third kappa shape index (κ3) is 2.96. The molecule has 0 saturated heterocycles. The van der Waals surface area contributed by atoms with Gasteiger partial charge in [0.25, 0.3) is 0 Å². The van der Waals surface area contributed by atoms with E-state index in [9.17, 15) is 4.79 Å². The van der Waals surface area contributed by atoms with Crippen molar-refractivity contribution in [3.63, 3.8) is 0 Å². The summed E-state index contributed by atoms with van der Waals surface area (Å²) in [7, 11) is 0. The maximum atomic E-state index is 12.1. The molecule has 1 atom stereocenters. The lowest BCUT2D eigenvalue weighted by Crippen LogP contribution is -2.12. The lowest BCUT2D eigenvalue weighted by molar-refractivity contribution is 0.0991. The Labute approximate surface area is 125 Å². The number of alkyl halides is 1. The highest BCUT2D eigenvalue weighted by atomic mass is 35.5. The topological polar surface area (TPSA) is 22.0 Å². The molecular formula is C17H20ClNO. The molecule has 0 N–H and O–H groups in total. The Balaban J connectivity index is 2.33. The Hall–Kier alpha value is -1.54. The number of hydrogen-bond acceptors (Lipinski definition) is 1. The van der Waals surface area contributed by atoms with Crippen molar-refractivity contribution in [3.8, 4) is 0 Å². The number of aromatic nitrogens is 1. The number of halogens is 1. The van der Waals surface area contributed by atoms with Crippen molar-refractivity contribution >= 4 is 17.4 Å². The number of aryl methyl sites for hydroxylation is 2. The van der Waals surface area contributed by atoms with Crippen molar-refractivity contribution in [2.24, 2.45) is 0 Å². The predicted octanol–water partition coefficient (Wildman–Crippen LogP) is 4.27. The predicted molar refractivity (Wildman–Crippen MR) is 83.8 cm³/mol. The SMILES string of the molecule is Cc1ccc(Cn2c(C)cc(C(=O)C(C)Cl)c2C)cc1. The number of carbonyl (C=O) groups is 1. The fraction of sp³-hybridized carbons (Fsp3) is 0.353. The standard InChI is InChI=1S/C17H20ClNO/c1-11-5-7-15(8-6-11)10-19-12(2)9-16(14(19)4)17(20)13(3)18/h5-9,13H,10H2,1-4H3. The first-order chi connectivity index (χ1) is 9.40. The molecular weight excluding hydrogens is 270 g/mol. The average Bonchev–Trinajstić information content (AvgIpc) is 2.68. The highest BCUT2D eigenvalue weighted by molar-refractivity contribution is 6.33. The van der Waals surface area contributed by atoms with Crippen LogP contribution in [-0.2, 0) is 6.54 Å². The normalized spacial score (nSPS) is 12.4. The van der Waals surface area contributed by atoms with E-state index in [4.69, 9.17) is 11.6 Å².